The Hall–Kier alpha value is -1.04. The van der Waals surface area contributed by atoms with E-state index in [4.69, 9.17) is 5.26 Å². The fourth-order valence-corrected chi connectivity index (χ4v) is 1.19. The van der Waals surface area contributed by atoms with Gasteiger partial charge < -0.3 is 5.32 Å². The lowest BCUT2D eigenvalue weighted by Crippen LogP contribution is -2.45. The van der Waals surface area contributed by atoms with Crippen LogP contribution in [0.1, 0.15) is 40.5 Å². The van der Waals surface area contributed by atoms with Crippen LogP contribution in [0.2, 0.25) is 0 Å². The summed E-state index contributed by atoms with van der Waals surface area (Å²) in [5.74, 6) is -0.739. The van der Waals surface area contributed by atoms with Gasteiger partial charge in [0.2, 0.25) is 5.91 Å². The van der Waals surface area contributed by atoms with E-state index < -0.39 is 5.92 Å². The summed E-state index contributed by atoms with van der Waals surface area (Å²) in [6.07, 6.45) is 1.95. The van der Waals surface area contributed by atoms with Crippen molar-refractivity contribution in [1.82, 2.24) is 5.32 Å². The zero-order valence-electron chi connectivity index (χ0n) is 8.85. The molecule has 0 saturated carbocycles. The first-order valence-electron chi connectivity index (χ1n) is 4.64. The van der Waals surface area contributed by atoms with Gasteiger partial charge in [-0.15, -0.1) is 0 Å². The fourth-order valence-electron chi connectivity index (χ4n) is 1.19. The van der Waals surface area contributed by atoms with Crippen LogP contribution in [0.25, 0.3) is 0 Å². The van der Waals surface area contributed by atoms with Crippen molar-refractivity contribution in [3.8, 4) is 6.07 Å². The second-order valence-corrected chi connectivity index (χ2v) is 3.97. The topological polar surface area (TPSA) is 52.9 Å². The Bertz CT molecular complexity index is 215. The van der Waals surface area contributed by atoms with Crippen LogP contribution in [0.5, 0.6) is 0 Å². The standard InChI is InChI=1S/C10H18N2O/c1-5-6-10(3,4)12-9(13)8(2)7-11/h8H,5-6H2,1-4H3,(H,12,13). The van der Waals surface area contributed by atoms with Crippen molar-refractivity contribution in [1.29, 1.82) is 5.26 Å². The Labute approximate surface area is 80.1 Å². The van der Waals surface area contributed by atoms with Gasteiger partial charge in [-0.25, -0.2) is 0 Å². The monoisotopic (exact) mass is 182 g/mol. The highest BCUT2D eigenvalue weighted by Gasteiger charge is 2.22. The van der Waals surface area contributed by atoms with Crippen LogP contribution < -0.4 is 5.32 Å². The summed E-state index contributed by atoms with van der Waals surface area (Å²) in [7, 11) is 0. The van der Waals surface area contributed by atoms with Crippen molar-refractivity contribution in [3.05, 3.63) is 0 Å². The minimum atomic E-state index is -0.559. The van der Waals surface area contributed by atoms with Crippen molar-refractivity contribution >= 4 is 5.91 Å². The van der Waals surface area contributed by atoms with E-state index in [-0.39, 0.29) is 11.4 Å². The zero-order chi connectivity index (χ0) is 10.5. The van der Waals surface area contributed by atoms with Crippen molar-refractivity contribution < 1.29 is 4.79 Å². The summed E-state index contributed by atoms with van der Waals surface area (Å²) in [5.41, 5.74) is -0.197. The highest BCUT2D eigenvalue weighted by Crippen LogP contribution is 2.11. The number of carbonyl (C=O) groups is 1. The molecule has 13 heavy (non-hydrogen) atoms. The largest absolute Gasteiger partial charge is 0.350 e. The van der Waals surface area contributed by atoms with E-state index in [1.165, 1.54) is 0 Å². The SMILES string of the molecule is CCCC(C)(C)NC(=O)C(C)C#N. The average Bonchev–Trinajstić information content (AvgIpc) is 2.01. The molecular formula is C10H18N2O. The molecule has 0 aromatic rings. The number of rotatable bonds is 4. The van der Waals surface area contributed by atoms with E-state index in [2.05, 4.69) is 12.2 Å². The Balaban J connectivity index is 4.13. The van der Waals surface area contributed by atoms with Gasteiger partial charge >= 0.3 is 0 Å². The lowest BCUT2D eigenvalue weighted by atomic mass is 9.98. The number of nitrogens with one attached hydrogen (secondary N) is 1. The lowest BCUT2D eigenvalue weighted by Gasteiger charge is -2.26. The lowest BCUT2D eigenvalue weighted by molar-refractivity contribution is -0.124. The average molecular weight is 182 g/mol. The van der Waals surface area contributed by atoms with Crippen LogP contribution in [-0.2, 0) is 4.79 Å². The molecule has 0 rings (SSSR count). The Morgan fingerprint density at radius 3 is 2.54 bits per heavy atom. The smallest absolute Gasteiger partial charge is 0.237 e. The Morgan fingerprint density at radius 2 is 2.15 bits per heavy atom. The third-order valence-electron chi connectivity index (χ3n) is 1.92. The van der Waals surface area contributed by atoms with Gasteiger partial charge in [-0.05, 0) is 27.2 Å². The van der Waals surface area contributed by atoms with Gasteiger partial charge in [0, 0.05) is 5.54 Å². The molecule has 1 amide bonds. The molecule has 1 unspecified atom stereocenters. The second kappa shape index (κ2) is 4.86. The first-order chi connectivity index (χ1) is 5.93. The van der Waals surface area contributed by atoms with Crippen molar-refractivity contribution in [2.75, 3.05) is 0 Å². The van der Waals surface area contributed by atoms with Gasteiger partial charge in [0.15, 0.2) is 0 Å². The molecule has 0 aliphatic carbocycles. The van der Waals surface area contributed by atoms with Crippen LogP contribution in [0.15, 0.2) is 0 Å². The van der Waals surface area contributed by atoms with E-state index in [1.807, 2.05) is 19.9 Å². The van der Waals surface area contributed by atoms with Crippen LogP contribution >= 0.6 is 0 Å². The first kappa shape index (κ1) is 12.0. The third kappa shape index (κ3) is 4.51. The minimum absolute atomic E-state index is 0.180. The molecule has 0 bridgehead atoms. The maximum atomic E-state index is 11.3. The van der Waals surface area contributed by atoms with E-state index in [9.17, 15) is 4.79 Å². The molecule has 1 atom stereocenters. The van der Waals surface area contributed by atoms with E-state index in [0.717, 1.165) is 12.8 Å². The molecular weight excluding hydrogens is 164 g/mol. The van der Waals surface area contributed by atoms with Gasteiger partial charge in [0.05, 0.1) is 6.07 Å². The molecule has 0 aliphatic heterocycles. The quantitative estimate of drug-likeness (QED) is 0.721. The summed E-state index contributed by atoms with van der Waals surface area (Å²) in [6, 6.07) is 1.92. The highest BCUT2D eigenvalue weighted by molar-refractivity contribution is 5.81. The molecule has 0 aliphatic rings. The summed E-state index contributed by atoms with van der Waals surface area (Å²) in [4.78, 5) is 11.3. The third-order valence-corrected chi connectivity index (χ3v) is 1.92. The molecule has 3 heteroatoms. The first-order valence-corrected chi connectivity index (χ1v) is 4.64. The highest BCUT2D eigenvalue weighted by atomic mass is 16.2. The maximum absolute atomic E-state index is 11.3. The normalized spacial score (nSPS) is 13.2. The number of hydrogen-bond donors (Lipinski definition) is 1. The van der Waals surface area contributed by atoms with Gasteiger partial charge in [-0.2, -0.15) is 5.26 Å². The minimum Gasteiger partial charge on any atom is -0.350 e. The van der Waals surface area contributed by atoms with E-state index >= 15 is 0 Å². The van der Waals surface area contributed by atoms with Gasteiger partial charge in [-0.3, -0.25) is 4.79 Å². The predicted octanol–water partition coefficient (Wildman–Crippen LogP) is 1.84. The molecule has 0 fully saturated rings. The second-order valence-electron chi connectivity index (χ2n) is 3.97. The summed E-state index contributed by atoms with van der Waals surface area (Å²) in [6.45, 7) is 7.62. The van der Waals surface area contributed by atoms with Crippen LogP contribution in [-0.4, -0.2) is 11.4 Å². The molecule has 0 aromatic carbocycles. The summed E-state index contributed by atoms with van der Waals surface area (Å²) in [5, 5.41) is 11.4. The van der Waals surface area contributed by atoms with E-state index in [0.29, 0.717) is 0 Å². The van der Waals surface area contributed by atoms with Crippen LogP contribution in [0, 0.1) is 17.2 Å². The number of amides is 1. The summed E-state index contributed by atoms with van der Waals surface area (Å²) >= 11 is 0. The molecule has 0 radical (unpaired) electrons. The maximum Gasteiger partial charge on any atom is 0.237 e. The number of carbonyl (C=O) groups excluding carboxylic acids is 1. The van der Waals surface area contributed by atoms with Crippen molar-refractivity contribution in [2.45, 2.75) is 46.1 Å². The van der Waals surface area contributed by atoms with Crippen molar-refractivity contribution in [2.24, 2.45) is 5.92 Å². The number of nitrogens with zero attached hydrogens (tertiary/aromatic N) is 1. The predicted molar refractivity (Wildman–Crippen MR) is 51.9 cm³/mol. The molecule has 0 saturated heterocycles. The van der Waals surface area contributed by atoms with Gasteiger partial charge in [-0.1, -0.05) is 13.3 Å². The molecule has 74 valence electrons. The van der Waals surface area contributed by atoms with Crippen LogP contribution in [0.4, 0.5) is 0 Å². The zero-order valence-corrected chi connectivity index (χ0v) is 8.85. The summed E-state index contributed by atoms with van der Waals surface area (Å²) < 4.78 is 0. The fraction of sp³-hybridized carbons (Fsp3) is 0.800. The molecule has 0 spiro atoms. The Morgan fingerprint density at radius 1 is 1.62 bits per heavy atom. The molecule has 1 N–H and O–H groups in total. The van der Waals surface area contributed by atoms with E-state index in [1.54, 1.807) is 6.92 Å². The molecule has 0 heterocycles. The molecule has 0 aromatic heterocycles. The Kier molecular flexibility index (Phi) is 4.47. The van der Waals surface area contributed by atoms with Crippen molar-refractivity contribution in [3.63, 3.8) is 0 Å². The van der Waals surface area contributed by atoms with Gasteiger partial charge in [0.1, 0.15) is 5.92 Å². The number of hydrogen-bond acceptors (Lipinski definition) is 2. The van der Waals surface area contributed by atoms with Crippen LogP contribution in [0.3, 0.4) is 0 Å². The molecule has 3 nitrogen and oxygen atoms in total. The van der Waals surface area contributed by atoms with Gasteiger partial charge in [0.25, 0.3) is 0 Å². The number of nitriles is 1.